The second-order valence-corrected chi connectivity index (χ2v) is 2.81. The van der Waals surface area contributed by atoms with Crippen molar-refractivity contribution in [3.05, 3.63) is 28.3 Å². The van der Waals surface area contributed by atoms with Gasteiger partial charge in [0, 0.05) is 10.9 Å². The Balaban J connectivity index is 3.37. The third kappa shape index (κ3) is 2.04. The maximum absolute atomic E-state index is 10.5. The molecule has 0 aromatic heterocycles. The fraction of sp³-hybridized carbons (Fsp3) is 0. The summed E-state index contributed by atoms with van der Waals surface area (Å²) in [6.07, 6.45) is 0.471. The molecule has 0 radical (unpaired) electrons. The van der Waals surface area contributed by atoms with Crippen LogP contribution in [0.2, 0.25) is 5.02 Å². The number of carbonyl (C=O) groups is 1. The standard InChI is InChI=1S/C10H4ClNO2/c11-9-4-7(2-1-3-12)10(14)8(5-9)6-13/h4-6,14H. The molecule has 0 saturated heterocycles. The fourth-order valence-electron chi connectivity index (χ4n) is 0.901. The van der Waals surface area contributed by atoms with Crippen LogP contribution in [-0.2, 0) is 0 Å². The average Bonchev–Trinajstić information content (AvgIpc) is 2.18. The normalized spacial score (nSPS) is 8.29. The van der Waals surface area contributed by atoms with Crippen molar-refractivity contribution < 1.29 is 9.90 Å². The molecule has 14 heavy (non-hydrogen) atoms. The maximum Gasteiger partial charge on any atom is 0.153 e. The molecule has 1 aromatic carbocycles. The number of benzene rings is 1. The van der Waals surface area contributed by atoms with Crippen LogP contribution in [0.15, 0.2) is 12.1 Å². The van der Waals surface area contributed by atoms with Gasteiger partial charge in [0.25, 0.3) is 0 Å². The van der Waals surface area contributed by atoms with Gasteiger partial charge in [-0.15, -0.1) is 0 Å². The van der Waals surface area contributed by atoms with Gasteiger partial charge in [0.1, 0.15) is 5.75 Å². The molecule has 0 aliphatic rings. The molecule has 0 bridgehead atoms. The van der Waals surface area contributed by atoms with Crippen LogP contribution in [0.4, 0.5) is 0 Å². The van der Waals surface area contributed by atoms with Crippen molar-refractivity contribution in [1.29, 1.82) is 5.26 Å². The Labute approximate surface area is 85.5 Å². The van der Waals surface area contributed by atoms with Crippen molar-refractivity contribution in [1.82, 2.24) is 0 Å². The molecule has 0 amide bonds. The molecule has 4 heteroatoms. The van der Waals surface area contributed by atoms with Gasteiger partial charge in [-0.2, -0.15) is 5.26 Å². The number of aldehydes is 1. The topological polar surface area (TPSA) is 61.1 Å². The summed E-state index contributed by atoms with van der Waals surface area (Å²) in [5.74, 6) is 4.22. The van der Waals surface area contributed by atoms with Crippen LogP contribution >= 0.6 is 11.6 Å². The molecule has 0 atom stereocenters. The number of nitriles is 1. The van der Waals surface area contributed by atoms with Crippen LogP contribution < -0.4 is 0 Å². The zero-order valence-corrected chi connectivity index (χ0v) is 7.67. The first kappa shape index (κ1) is 10.1. The van der Waals surface area contributed by atoms with Crippen LogP contribution in [0, 0.1) is 23.2 Å². The van der Waals surface area contributed by atoms with Crippen LogP contribution in [0.3, 0.4) is 0 Å². The van der Waals surface area contributed by atoms with Gasteiger partial charge in [0.2, 0.25) is 0 Å². The summed E-state index contributed by atoms with van der Waals surface area (Å²) in [6, 6.07) is 4.30. The molecule has 0 heterocycles. The van der Waals surface area contributed by atoms with E-state index in [9.17, 15) is 9.90 Å². The number of nitrogens with zero attached hydrogens (tertiary/aromatic N) is 1. The molecule has 0 unspecified atom stereocenters. The Kier molecular flexibility index (Phi) is 3.12. The Morgan fingerprint density at radius 3 is 2.79 bits per heavy atom. The molecule has 1 N–H and O–H groups in total. The van der Waals surface area contributed by atoms with Gasteiger partial charge in [-0.3, -0.25) is 4.79 Å². The number of halogens is 1. The second-order valence-electron chi connectivity index (χ2n) is 2.37. The first-order valence-electron chi connectivity index (χ1n) is 3.57. The third-order valence-corrected chi connectivity index (χ3v) is 1.70. The molecule has 0 aliphatic heterocycles. The lowest BCUT2D eigenvalue weighted by atomic mass is 10.1. The highest BCUT2D eigenvalue weighted by Crippen LogP contribution is 2.24. The highest BCUT2D eigenvalue weighted by atomic mass is 35.5. The maximum atomic E-state index is 10.5. The van der Waals surface area contributed by atoms with Crippen molar-refractivity contribution in [3.8, 4) is 23.7 Å². The number of aromatic hydroxyl groups is 1. The van der Waals surface area contributed by atoms with E-state index in [4.69, 9.17) is 16.9 Å². The van der Waals surface area contributed by atoms with Crippen molar-refractivity contribution in [2.75, 3.05) is 0 Å². The van der Waals surface area contributed by atoms with Gasteiger partial charge in [-0.25, -0.2) is 0 Å². The van der Waals surface area contributed by atoms with E-state index in [1.807, 2.05) is 0 Å². The van der Waals surface area contributed by atoms with Gasteiger partial charge in [0.05, 0.1) is 11.1 Å². The lowest BCUT2D eigenvalue weighted by molar-refractivity contribution is 0.112. The zero-order valence-electron chi connectivity index (χ0n) is 6.91. The number of phenolic OH excluding ortho intramolecular Hbond substituents is 1. The van der Waals surface area contributed by atoms with E-state index >= 15 is 0 Å². The van der Waals surface area contributed by atoms with E-state index < -0.39 is 0 Å². The quantitative estimate of drug-likeness (QED) is 0.561. The van der Waals surface area contributed by atoms with Crippen LogP contribution in [-0.4, -0.2) is 11.4 Å². The van der Waals surface area contributed by atoms with Crippen molar-refractivity contribution in [2.24, 2.45) is 0 Å². The zero-order chi connectivity index (χ0) is 10.6. The van der Waals surface area contributed by atoms with Crippen molar-refractivity contribution in [3.63, 3.8) is 0 Å². The largest absolute Gasteiger partial charge is 0.506 e. The van der Waals surface area contributed by atoms with E-state index in [1.165, 1.54) is 12.1 Å². The molecular formula is C10H4ClNO2. The fourth-order valence-corrected chi connectivity index (χ4v) is 1.13. The Morgan fingerprint density at radius 2 is 2.21 bits per heavy atom. The molecule has 0 fully saturated rings. The number of phenols is 1. The predicted molar refractivity (Wildman–Crippen MR) is 51.0 cm³/mol. The predicted octanol–water partition coefficient (Wildman–Crippen LogP) is 1.73. The average molecular weight is 206 g/mol. The van der Waals surface area contributed by atoms with E-state index in [0.29, 0.717) is 6.29 Å². The SMILES string of the molecule is N#CC#Cc1cc(Cl)cc(C=O)c1O. The first-order valence-corrected chi connectivity index (χ1v) is 3.94. The molecule has 3 nitrogen and oxygen atoms in total. The van der Waals surface area contributed by atoms with E-state index in [-0.39, 0.29) is 21.9 Å². The van der Waals surface area contributed by atoms with E-state index in [1.54, 1.807) is 6.07 Å². The van der Waals surface area contributed by atoms with Gasteiger partial charge in [0.15, 0.2) is 12.4 Å². The van der Waals surface area contributed by atoms with Crippen molar-refractivity contribution >= 4 is 17.9 Å². The monoisotopic (exact) mass is 205 g/mol. The van der Waals surface area contributed by atoms with E-state index in [0.717, 1.165) is 0 Å². The number of hydrogen-bond acceptors (Lipinski definition) is 3. The number of carbonyl (C=O) groups excluding carboxylic acids is 1. The molecule has 0 spiro atoms. The van der Waals surface area contributed by atoms with Gasteiger partial charge >= 0.3 is 0 Å². The molecule has 0 saturated carbocycles. The summed E-state index contributed by atoms with van der Waals surface area (Å²) in [4.78, 5) is 10.5. The summed E-state index contributed by atoms with van der Waals surface area (Å²) < 4.78 is 0. The Bertz CT molecular complexity index is 477. The Morgan fingerprint density at radius 1 is 1.50 bits per heavy atom. The third-order valence-electron chi connectivity index (χ3n) is 1.48. The van der Waals surface area contributed by atoms with Gasteiger partial charge in [-0.1, -0.05) is 11.6 Å². The summed E-state index contributed by atoms with van der Waals surface area (Å²) >= 11 is 5.66. The summed E-state index contributed by atoms with van der Waals surface area (Å²) in [5.41, 5.74) is 0.223. The molecule has 1 aromatic rings. The minimum atomic E-state index is -0.257. The molecular weight excluding hydrogens is 202 g/mol. The van der Waals surface area contributed by atoms with Crippen LogP contribution in [0.1, 0.15) is 15.9 Å². The summed E-state index contributed by atoms with van der Waals surface area (Å²) in [5, 5.41) is 17.9. The van der Waals surface area contributed by atoms with Crippen LogP contribution in [0.5, 0.6) is 5.75 Å². The number of hydrogen-bond donors (Lipinski definition) is 1. The van der Waals surface area contributed by atoms with Gasteiger partial charge < -0.3 is 5.11 Å². The molecule has 1 rings (SSSR count). The first-order chi connectivity index (χ1) is 6.69. The summed E-state index contributed by atoms with van der Waals surface area (Å²) in [7, 11) is 0. The lowest BCUT2D eigenvalue weighted by Gasteiger charge is -2.00. The lowest BCUT2D eigenvalue weighted by Crippen LogP contribution is -1.86. The van der Waals surface area contributed by atoms with E-state index in [2.05, 4.69) is 11.8 Å². The second kappa shape index (κ2) is 4.32. The molecule has 0 aliphatic carbocycles. The Hall–Kier alpha value is -1.97. The smallest absolute Gasteiger partial charge is 0.153 e. The highest BCUT2D eigenvalue weighted by molar-refractivity contribution is 6.31. The minimum Gasteiger partial charge on any atom is -0.506 e. The number of rotatable bonds is 1. The van der Waals surface area contributed by atoms with Gasteiger partial charge in [-0.05, 0) is 18.1 Å². The molecule has 68 valence electrons. The highest BCUT2D eigenvalue weighted by Gasteiger charge is 2.06. The minimum absolute atomic E-state index is 0.0553. The summed E-state index contributed by atoms with van der Waals surface area (Å²) in [6.45, 7) is 0. The van der Waals surface area contributed by atoms with Crippen molar-refractivity contribution in [2.45, 2.75) is 0 Å². The van der Waals surface area contributed by atoms with Crippen LogP contribution in [0.25, 0.3) is 0 Å².